The maximum absolute atomic E-state index is 14.5. The van der Waals surface area contributed by atoms with Gasteiger partial charge >= 0.3 is 0 Å². The van der Waals surface area contributed by atoms with Crippen molar-refractivity contribution in [3.05, 3.63) is 29.8 Å². The largest absolute Gasteiger partial charge is 0.496 e. The van der Waals surface area contributed by atoms with Crippen molar-refractivity contribution in [3.63, 3.8) is 0 Å². The lowest BCUT2D eigenvalue weighted by Gasteiger charge is -2.24. The van der Waals surface area contributed by atoms with Crippen LogP contribution < -0.4 is 10.5 Å². The van der Waals surface area contributed by atoms with Crippen molar-refractivity contribution in [2.45, 2.75) is 24.9 Å². The summed E-state index contributed by atoms with van der Waals surface area (Å²) in [4.78, 5) is 0. The van der Waals surface area contributed by atoms with Crippen molar-refractivity contribution >= 4 is 0 Å². The molecule has 0 aliphatic heterocycles. The molecule has 88 valence electrons. The van der Waals surface area contributed by atoms with E-state index in [1.54, 1.807) is 7.11 Å². The summed E-state index contributed by atoms with van der Waals surface area (Å²) in [5, 5.41) is 0. The summed E-state index contributed by atoms with van der Waals surface area (Å²) in [7, 11) is 1.61. The maximum Gasteiger partial charge on any atom is 0.130 e. The molecule has 16 heavy (non-hydrogen) atoms. The summed E-state index contributed by atoms with van der Waals surface area (Å²) < 4.78 is 19.8. The fourth-order valence-corrected chi connectivity index (χ4v) is 2.15. The molecule has 2 nitrogen and oxygen atoms in total. The highest BCUT2D eigenvalue weighted by atomic mass is 19.1. The molecule has 0 radical (unpaired) electrons. The fourth-order valence-electron chi connectivity index (χ4n) is 2.15. The summed E-state index contributed by atoms with van der Waals surface area (Å²) in [5.41, 5.74) is 5.22. The Morgan fingerprint density at radius 1 is 1.44 bits per heavy atom. The molecule has 0 amide bonds. The molecule has 0 spiro atoms. The number of hydrogen-bond acceptors (Lipinski definition) is 2. The van der Waals surface area contributed by atoms with Crippen LogP contribution >= 0.6 is 0 Å². The van der Waals surface area contributed by atoms with E-state index in [1.807, 2.05) is 24.3 Å². The number of nitrogens with two attached hydrogens (primary N) is 1. The van der Waals surface area contributed by atoms with E-state index in [0.717, 1.165) is 24.2 Å². The van der Waals surface area contributed by atoms with Crippen molar-refractivity contribution in [1.82, 2.24) is 0 Å². The zero-order valence-corrected chi connectivity index (χ0v) is 9.58. The van der Waals surface area contributed by atoms with Crippen LogP contribution in [0.3, 0.4) is 0 Å². The van der Waals surface area contributed by atoms with Crippen molar-refractivity contribution in [1.29, 1.82) is 0 Å². The van der Waals surface area contributed by atoms with Crippen LogP contribution in [0.1, 0.15) is 18.4 Å². The first kappa shape index (κ1) is 11.4. The van der Waals surface area contributed by atoms with Crippen LogP contribution in [0.15, 0.2) is 24.3 Å². The first-order valence-electron chi connectivity index (χ1n) is 5.70. The summed E-state index contributed by atoms with van der Waals surface area (Å²) in [5.74, 6) is 0.890. The molecule has 2 N–H and O–H groups in total. The van der Waals surface area contributed by atoms with Gasteiger partial charge in [0, 0.05) is 13.0 Å². The van der Waals surface area contributed by atoms with Gasteiger partial charge in [0.05, 0.1) is 7.11 Å². The van der Waals surface area contributed by atoms with Gasteiger partial charge in [-0.15, -0.1) is 0 Å². The first-order valence-corrected chi connectivity index (χ1v) is 5.70. The Morgan fingerprint density at radius 2 is 2.12 bits per heavy atom. The minimum absolute atomic E-state index is 0.0930. The molecule has 1 aliphatic carbocycles. The summed E-state index contributed by atoms with van der Waals surface area (Å²) in [6.45, 7) is 0.0930. The van der Waals surface area contributed by atoms with E-state index >= 15 is 0 Å². The van der Waals surface area contributed by atoms with Gasteiger partial charge < -0.3 is 10.5 Å². The normalized spacial score (nSPS) is 19.2. The Kier molecular flexibility index (Phi) is 3.15. The number of halogens is 1. The van der Waals surface area contributed by atoms with Gasteiger partial charge in [0.1, 0.15) is 11.4 Å². The molecule has 1 fully saturated rings. The second kappa shape index (κ2) is 4.42. The minimum atomic E-state index is -1.26. The van der Waals surface area contributed by atoms with Gasteiger partial charge in [-0.05, 0) is 30.4 Å². The minimum Gasteiger partial charge on any atom is -0.496 e. The Hall–Kier alpha value is -1.09. The van der Waals surface area contributed by atoms with Crippen molar-refractivity contribution < 1.29 is 9.13 Å². The number of rotatable bonds is 5. The Balaban J connectivity index is 2.18. The molecule has 0 bridgehead atoms. The van der Waals surface area contributed by atoms with Gasteiger partial charge in [-0.3, -0.25) is 0 Å². The van der Waals surface area contributed by atoms with E-state index in [1.165, 1.54) is 0 Å². The molecule has 1 aromatic carbocycles. The van der Waals surface area contributed by atoms with Crippen LogP contribution in [0.4, 0.5) is 4.39 Å². The lowest BCUT2D eigenvalue weighted by Crippen LogP contribution is -2.37. The number of benzene rings is 1. The second-order valence-electron chi connectivity index (χ2n) is 4.50. The number of ether oxygens (including phenoxy) is 1. The number of methoxy groups -OCH3 is 1. The highest BCUT2D eigenvalue weighted by molar-refractivity contribution is 5.34. The Bertz CT molecular complexity index is 365. The Labute approximate surface area is 95.6 Å². The summed E-state index contributed by atoms with van der Waals surface area (Å²) in [6, 6.07) is 7.56. The van der Waals surface area contributed by atoms with Crippen LogP contribution in [0.5, 0.6) is 5.75 Å². The molecule has 0 saturated heterocycles. The number of para-hydroxylation sites is 1. The molecule has 0 heterocycles. The average molecular weight is 223 g/mol. The summed E-state index contributed by atoms with van der Waals surface area (Å²) in [6.07, 6.45) is 2.28. The fraction of sp³-hybridized carbons (Fsp3) is 0.538. The lowest BCUT2D eigenvalue weighted by atomic mass is 9.91. The molecule has 1 aromatic rings. The van der Waals surface area contributed by atoms with Gasteiger partial charge in [-0.25, -0.2) is 4.39 Å². The first-order chi connectivity index (χ1) is 7.69. The summed E-state index contributed by atoms with van der Waals surface area (Å²) >= 11 is 0. The zero-order valence-electron chi connectivity index (χ0n) is 9.58. The maximum atomic E-state index is 14.5. The standard InChI is InChI=1S/C13H18FNO/c1-16-12-5-3-2-4-10(12)8-13(14,9-15)11-6-7-11/h2-5,11H,6-9,15H2,1H3. The molecule has 1 aliphatic rings. The molecule has 2 rings (SSSR count). The van der Waals surface area contributed by atoms with Gasteiger partial charge in [0.2, 0.25) is 0 Å². The molecule has 3 heteroatoms. The lowest BCUT2D eigenvalue weighted by molar-refractivity contribution is 0.141. The van der Waals surface area contributed by atoms with Gasteiger partial charge in [-0.1, -0.05) is 18.2 Å². The molecular formula is C13H18FNO. The van der Waals surface area contributed by atoms with E-state index < -0.39 is 5.67 Å². The third kappa shape index (κ3) is 2.19. The van der Waals surface area contributed by atoms with E-state index in [9.17, 15) is 4.39 Å². The van der Waals surface area contributed by atoms with Gasteiger partial charge in [0.25, 0.3) is 0 Å². The van der Waals surface area contributed by atoms with Gasteiger partial charge in [-0.2, -0.15) is 0 Å². The van der Waals surface area contributed by atoms with E-state index in [4.69, 9.17) is 10.5 Å². The van der Waals surface area contributed by atoms with E-state index in [2.05, 4.69) is 0 Å². The van der Waals surface area contributed by atoms with Crippen LogP contribution in [0.25, 0.3) is 0 Å². The highest BCUT2D eigenvalue weighted by Gasteiger charge is 2.45. The van der Waals surface area contributed by atoms with Crippen molar-refractivity contribution in [3.8, 4) is 5.75 Å². The van der Waals surface area contributed by atoms with Crippen molar-refractivity contribution in [2.75, 3.05) is 13.7 Å². The highest BCUT2D eigenvalue weighted by Crippen LogP contribution is 2.44. The zero-order chi connectivity index (χ0) is 11.6. The van der Waals surface area contributed by atoms with Crippen molar-refractivity contribution in [2.24, 2.45) is 11.7 Å². The Morgan fingerprint density at radius 3 is 2.69 bits per heavy atom. The molecule has 1 atom stereocenters. The smallest absolute Gasteiger partial charge is 0.130 e. The average Bonchev–Trinajstić information content (AvgIpc) is 3.14. The third-order valence-corrected chi connectivity index (χ3v) is 3.33. The monoisotopic (exact) mass is 223 g/mol. The topological polar surface area (TPSA) is 35.2 Å². The number of alkyl halides is 1. The molecule has 1 saturated carbocycles. The van der Waals surface area contributed by atoms with Crippen LogP contribution in [0.2, 0.25) is 0 Å². The molecule has 0 aromatic heterocycles. The van der Waals surface area contributed by atoms with Crippen LogP contribution in [-0.2, 0) is 6.42 Å². The SMILES string of the molecule is COc1ccccc1CC(F)(CN)C1CC1. The predicted molar refractivity (Wildman–Crippen MR) is 62.3 cm³/mol. The van der Waals surface area contributed by atoms with E-state index in [-0.39, 0.29) is 12.5 Å². The third-order valence-electron chi connectivity index (χ3n) is 3.33. The van der Waals surface area contributed by atoms with Gasteiger partial charge in [0.15, 0.2) is 0 Å². The van der Waals surface area contributed by atoms with E-state index in [0.29, 0.717) is 6.42 Å². The molecule has 1 unspecified atom stereocenters. The predicted octanol–water partition coefficient (Wildman–Crippen LogP) is 2.31. The molecular weight excluding hydrogens is 205 g/mol. The number of hydrogen-bond donors (Lipinski definition) is 1. The second-order valence-corrected chi connectivity index (χ2v) is 4.50. The quantitative estimate of drug-likeness (QED) is 0.831. The van der Waals surface area contributed by atoms with Crippen LogP contribution in [-0.4, -0.2) is 19.3 Å². The van der Waals surface area contributed by atoms with Crippen LogP contribution in [0, 0.1) is 5.92 Å².